The number of aromatic nitrogens is 1. The lowest BCUT2D eigenvalue weighted by atomic mass is 10.0. The number of hydrogen-bond acceptors (Lipinski definition) is 7. The number of thioether (sulfide) groups is 1. The number of anilines is 1. The minimum Gasteiger partial charge on any atom is -0.458 e. The standard InChI is InChI=1S/C26H36N2O4S2/c1-4-5-6-7-8-23(29)19-9-11-20(12-10-19)28-21(13-14-24(28)30)15-16-33-26-27-22(17-34-26)25(31)32-18(2)3/h9-12,17-18,21,23,29H,4-8,13-16H2,1-3H3. The van der Waals surface area contributed by atoms with Gasteiger partial charge in [0.15, 0.2) is 10.0 Å². The number of thiazole rings is 1. The Labute approximate surface area is 211 Å². The van der Waals surface area contributed by atoms with E-state index in [1.54, 1.807) is 17.1 Å². The fourth-order valence-corrected chi connectivity index (χ4v) is 6.04. The van der Waals surface area contributed by atoms with Crippen molar-refractivity contribution in [1.82, 2.24) is 4.98 Å². The van der Waals surface area contributed by atoms with Crippen LogP contribution in [0.1, 0.15) is 94.3 Å². The van der Waals surface area contributed by atoms with Crippen molar-refractivity contribution in [3.05, 3.63) is 40.9 Å². The maximum absolute atomic E-state index is 12.6. The van der Waals surface area contributed by atoms with Crippen LogP contribution in [0, 0.1) is 0 Å². The molecule has 186 valence electrons. The molecule has 6 nitrogen and oxygen atoms in total. The first-order chi connectivity index (χ1) is 16.4. The second-order valence-corrected chi connectivity index (χ2v) is 11.2. The zero-order valence-electron chi connectivity index (χ0n) is 20.4. The van der Waals surface area contributed by atoms with Crippen molar-refractivity contribution in [3.63, 3.8) is 0 Å². The molecule has 2 aromatic rings. The topological polar surface area (TPSA) is 79.7 Å². The molecule has 34 heavy (non-hydrogen) atoms. The largest absolute Gasteiger partial charge is 0.458 e. The van der Waals surface area contributed by atoms with E-state index in [1.807, 2.05) is 43.0 Å². The quantitative estimate of drug-likeness (QED) is 0.193. The van der Waals surface area contributed by atoms with E-state index < -0.39 is 6.10 Å². The van der Waals surface area contributed by atoms with E-state index in [4.69, 9.17) is 4.74 Å². The minimum absolute atomic E-state index is 0.148. The molecule has 0 aliphatic carbocycles. The Hall–Kier alpha value is -1.90. The van der Waals surface area contributed by atoms with Gasteiger partial charge in [0.2, 0.25) is 5.91 Å². The van der Waals surface area contributed by atoms with Crippen LogP contribution in [-0.2, 0) is 9.53 Å². The maximum atomic E-state index is 12.6. The highest BCUT2D eigenvalue weighted by atomic mass is 32.2. The summed E-state index contributed by atoms with van der Waals surface area (Å²) >= 11 is 3.05. The first-order valence-corrected chi connectivity index (χ1v) is 14.1. The van der Waals surface area contributed by atoms with E-state index in [1.165, 1.54) is 24.2 Å². The summed E-state index contributed by atoms with van der Waals surface area (Å²) in [5.74, 6) is 0.575. The van der Waals surface area contributed by atoms with E-state index >= 15 is 0 Å². The molecular weight excluding hydrogens is 468 g/mol. The Morgan fingerprint density at radius 1 is 1.26 bits per heavy atom. The number of ether oxygens (including phenoxy) is 1. The van der Waals surface area contributed by atoms with Gasteiger partial charge in [0.25, 0.3) is 0 Å². The molecule has 0 radical (unpaired) electrons. The molecule has 1 aromatic heterocycles. The first-order valence-electron chi connectivity index (χ1n) is 12.3. The van der Waals surface area contributed by atoms with Crippen molar-refractivity contribution >= 4 is 40.7 Å². The minimum atomic E-state index is -0.451. The van der Waals surface area contributed by atoms with Gasteiger partial charge in [-0.05, 0) is 50.8 Å². The van der Waals surface area contributed by atoms with Crippen molar-refractivity contribution in [1.29, 1.82) is 0 Å². The fraction of sp³-hybridized carbons (Fsp3) is 0.577. The van der Waals surface area contributed by atoms with Crippen LogP contribution in [0.25, 0.3) is 0 Å². The van der Waals surface area contributed by atoms with Crippen molar-refractivity contribution < 1.29 is 19.4 Å². The third kappa shape index (κ3) is 7.55. The summed E-state index contributed by atoms with van der Waals surface area (Å²) in [6.45, 7) is 5.82. The van der Waals surface area contributed by atoms with Gasteiger partial charge in [-0.3, -0.25) is 4.79 Å². The third-order valence-corrected chi connectivity index (χ3v) is 7.98. The van der Waals surface area contributed by atoms with Crippen LogP contribution in [0.4, 0.5) is 5.69 Å². The molecule has 1 saturated heterocycles. The number of amides is 1. The van der Waals surface area contributed by atoms with Crippen molar-refractivity contribution in [3.8, 4) is 0 Å². The molecule has 1 aliphatic rings. The number of aliphatic hydroxyl groups excluding tert-OH is 1. The summed E-state index contributed by atoms with van der Waals surface area (Å²) < 4.78 is 6.04. The van der Waals surface area contributed by atoms with Crippen LogP contribution in [-0.4, -0.2) is 39.9 Å². The molecule has 0 bridgehead atoms. The van der Waals surface area contributed by atoms with Gasteiger partial charge in [-0.15, -0.1) is 11.3 Å². The summed E-state index contributed by atoms with van der Waals surface area (Å²) in [5.41, 5.74) is 2.16. The third-order valence-electron chi connectivity index (χ3n) is 5.92. The van der Waals surface area contributed by atoms with Crippen LogP contribution >= 0.6 is 23.1 Å². The molecule has 1 fully saturated rings. The highest BCUT2D eigenvalue weighted by molar-refractivity contribution is 8.01. The molecule has 2 unspecified atom stereocenters. The molecule has 0 spiro atoms. The van der Waals surface area contributed by atoms with Crippen molar-refractivity contribution in [2.24, 2.45) is 0 Å². The summed E-state index contributed by atoms with van der Waals surface area (Å²) in [6.07, 6.45) is 6.97. The van der Waals surface area contributed by atoms with Gasteiger partial charge in [-0.2, -0.15) is 0 Å². The number of nitrogens with zero attached hydrogens (tertiary/aromatic N) is 2. The number of carbonyl (C=O) groups excluding carboxylic acids is 2. The average Bonchev–Trinajstić information content (AvgIpc) is 3.43. The zero-order chi connectivity index (χ0) is 24.5. The molecule has 1 amide bonds. The summed E-state index contributed by atoms with van der Waals surface area (Å²) in [4.78, 5) is 30.9. The lowest BCUT2D eigenvalue weighted by Gasteiger charge is -2.25. The van der Waals surface area contributed by atoms with E-state index in [0.29, 0.717) is 12.1 Å². The number of hydrogen-bond donors (Lipinski definition) is 1. The van der Waals surface area contributed by atoms with E-state index in [-0.39, 0.29) is 24.0 Å². The van der Waals surface area contributed by atoms with Gasteiger partial charge in [0.1, 0.15) is 0 Å². The molecule has 1 aliphatic heterocycles. The van der Waals surface area contributed by atoms with Crippen molar-refractivity contribution in [2.75, 3.05) is 10.7 Å². The second-order valence-electron chi connectivity index (χ2n) is 9.00. The van der Waals surface area contributed by atoms with Gasteiger partial charge in [0.05, 0.1) is 12.2 Å². The van der Waals surface area contributed by atoms with E-state index in [9.17, 15) is 14.7 Å². The van der Waals surface area contributed by atoms with Crippen LogP contribution in [0.5, 0.6) is 0 Å². The number of carbonyl (C=O) groups is 2. The number of benzene rings is 1. The molecule has 1 N–H and O–H groups in total. The van der Waals surface area contributed by atoms with Crippen molar-refractivity contribution in [2.45, 2.75) is 94.7 Å². The molecule has 2 atom stereocenters. The predicted molar refractivity (Wildman–Crippen MR) is 139 cm³/mol. The summed E-state index contributed by atoms with van der Waals surface area (Å²) in [5, 5.41) is 12.2. The smallest absolute Gasteiger partial charge is 0.358 e. The first kappa shape index (κ1) is 26.7. The summed E-state index contributed by atoms with van der Waals surface area (Å²) in [7, 11) is 0. The van der Waals surface area contributed by atoms with E-state index in [0.717, 1.165) is 53.4 Å². The molecule has 1 aromatic carbocycles. The number of unbranched alkanes of at least 4 members (excludes halogenated alkanes) is 3. The highest BCUT2D eigenvalue weighted by Gasteiger charge is 2.32. The van der Waals surface area contributed by atoms with Gasteiger partial charge in [-0.1, -0.05) is 56.5 Å². The van der Waals surface area contributed by atoms with Crippen LogP contribution < -0.4 is 4.90 Å². The number of aliphatic hydroxyl groups is 1. The Kier molecular flexibility index (Phi) is 10.4. The fourth-order valence-electron chi connectivity index (χ4n) is 4.13. The van der Waals surface area contributed by atoms with Crippen LogP contribution in [0.3, 0.4) is 0 Å². The van der Waals surface area contributed by atoms with Crippen LogP contribution in [0.2, 0.25) is 0 Å². The van der Waals surface area contributed by atoms with Crippen LogP contribution in [0.15, 0.2) is 34.0 Å². The lowest BCUT2D eigenvalue weighted by Crippen LogP contribution is -2.33. The normalized spacial score (nSPS) is 16.9. The molecule has 3 rings (SSSR count). The number of rotatable bonds is 13. The maximum Gasteiger partial charge on any atom is 0.358 e. The number of esters is 1. The Morgan fingerprint density at radius 2 is 2.03 bits per heavy atom. The molecule has 2 heterocycles. The lowest BCUT2D eigenvalue weighted by molar-refractivity contribution is -0.117. The predicted octanol–water partition coefficient (Wildman–Crippen LogP) is 6.39. The van der Waals surface area contributed by atoms with Gasteiger partial charge >= 0.3 is 5.97 Å². The Morgan fingerprint density at radius 3 is 2.74 bits per heavy atom. The zero-order valence-corrected chi connectivity index (χ0v) is 22.0. The van der Waals surface area contributed by atoms with E-state index in [2.05, 4.69) is 11.9 Å². The Bertz CT molecular complexity index is 929. The Balaban J connectivity index is 1.52. The SMILES string of the molecule is CCCCCCC(O)c1ccc(N2C(=O)CCC2CCSc2nc(C(=O)OC(C)C)cs2)cc1. The molecule has 8 heteroatoms. The molecular formula is C26H36N2O4S2. The second kappa shape index (κ2) is 13.3. The monoisotopic (exact) mass is 504 g/mol. The average molecular weight is 505 g/mol. The van der Waals surface area contributed by atoms with Gasteiger partial charge in [-0.25, -0.2) is 9.78 Å². The molecule has 0 saturated carbocycles. The van der Waals surface area contributed by atoms with Gasteiger partial charge in [0, 0.05) is 29.3 Å². The summed E-state index contributed by atoms with van der Waals surface area (Å²) in [6, 6.07) is 7.97. The highest BCUT2D eigenvalue weighted by Crippen LogP contribution is 2.32. The van der Waals surface area contributed by atoms with Gasteiger partial charge < -0.3 is 14.7 Å².